The van der Waals surface area contributed by atoms with Gasteiger partial charge in [-0.25, -0.2) is 0 Å². The zero-order chi connectivity index (χ0) is 15.5. The molecule has 1 aliphatic heterocycles. The van der Waals surface area contributed by atoms with Crippen LogP contribution in [-0.2, 0) is 0 Å². The predicted molar refractivity (Wildman–Crippen MR) is 81.6 cm³/mol. The van der Waals surface area contributed by atoms with Gasteiger partial charge < -0.3 is 5.32 Å². The summed E-state index contributed by atoms with van der Waals surface area (Å²) in [6.45, 7) is 3.03. The summed E-state index contributed by atoms with van der Waals surface area (Å²) in [5.41, 5.74) is 0.761. The van der Waals surface area contributed by atoms with Crippen molar-refractivity contribution in [3.63, 3.8) is 0 Å². The molecule has 1 atom stereocenters. The smallest absolute Gasteiger partial charge is 0.314 e. The van der Waals surface area contributed by atoms with Crippen LogP contribution >= 0.6 is 27.5 Å². The first-order chi connectivity index (χ1) is 9.87. The van der Waals surface area contributed by atoms with Gasteiger partial charge in [-0.05, 0) is 30.2 Å². The topological polar surface area (TPSA) is 15.3 Å². The van der Waals surface area contributed by atoms with E-state index in [-0.39, 0.29) is 12.5 Å². The highest BCUT2D eigenvalue weighted by Gasteiger charge is 2.32. The molecular weight excluding hydrogens is 369 g/mol. The molecule has 2 rings (SSSR count). The molecule has 0 spiro atoms. The van der Waals surface area contributed by atoms with E-state index in [0.717, 1.165) is 36.2 Å². The van der Waals surface area contributed by atoms with Gasteiger partial charge in [-0.15, -0.1) is 0 Å². The number of nitrogens with one attached hydrogen (secondary N) is 1. The Morgan fingerprint density at radius 1 is 1.29 bits per heavy atom. The summed E-state index contributed by atoms with van der Waals surface area (Å²) in [5.74, 6) is 0. The molecule has 0 bridgehead atoms. The maximum Gasteiger partial charge on any atom is 0.389 e. The number of rotatable bonds is 4. The molecular formula is C14H17BrClF3N2. The summed E-state index contributed by atoms with van der Waals surface area (Å²) in [5, 5.41) is 3.73. The number of hydrogen-bond donors (Lipinski definition) is 1. The number of benzene rings is 1. The molecule has 1 aromatic rings. The standard InChI is InChI=1S/C14H17BrClF3N2/c15-10-1-2-12(16)11(9-10)13(3-4-14(17,18)19)21-7-5-20-6-8-21/h1-2,9,13,20H,3-8H2/t13-/m0/s1. The van der Waals surface area contributed by atoms with Gasteiger partial charge in [-0.3, -0.25) is 4.90 Å². The average Bonchev–Trinajstić information content (AvgIpc) is 2.43. The number of halogens is 5. The highest BCUT2D eigenvalue weighted by Crippen LogP contribution is 2.36. The van der Waals surface area contributed by atoms with Gasteiger partial charge in [0.2, 0.25) is 0 Å². The van der Waals surface area contributed by atoms with Crippen molar-refractivity contribution < 1.29 is 13.2 Å². The van der Waals surface area contributed by atoms with E-state index in [1.165, 1.54) is 0 Å². The first-order valence-corrected chi connectivity index (χ1v) is 8.00. The van der Waals surface area contributed by atoms with Crippen LogP contribution in [0.4, 0.5) is 13.2 Å². The van der Waals surface area contributed by atoms with Crippen LogP contribution in [0.2, 0.25) is 5.02 Å². The average molecular weight is 386 g/mol. The first-order valence-electron chi connectivity index (χ1n) is 6.83. The van der Waals surface area contributed by atoms with Gasteiger partial charge in [0.1, 0.15) is 0 Å². The zero-order valence-electron chi connectivity index (χ0n) is 11.4. The summed E-state index contributed by atoms with van der Waals surface area (Å²) in [6.07, 6.45) is -4.92. The van der Waals surface area contributed by atoms with Crippen LogP contribution in [0.3, 0.4) is 0 Å². The molecule has 0 saturated carbocycles. The zero-order valence-corrected chi connectivity index (χ0v) is 13.7. The Morgan fingerprint density at radius 2 is 1.95 bits per heavy atom. The maximum absolute atomic E-state index is 12.6. The van der Waals surface area contributed by atoms with Crippen LogP contribution < -0.4 is 5.32 Å². The van der Waals surface area contributed by atoms with Gasteiger partial charge in [0.25, 0.3) is 0 Å². The monoisotopic (exact) mass is 384 g/mol. The normalized spacial score (nSPS) is 18.7. The fourth-order valence-electron chi connectivity index (χ4n) is 2.60. The molecule has 1 aromatic carbocycles. The third-order valence-corrected chi connectivity index (χ3v) is 4.45. The lowest BCUT2D eigenvalue weighted by Gasteiger charge is -2.36. The van der Waals surface area contributed by atoms with Crippen LogP contribution in [0, 0.1) is 0 Å². The Morgan fingerprint density at radius 3 is 2.57 bits per heavy atom. The summed E-state index contributed by atoms with van der Waals surface area (Å²) in [7, 11) is 0. The van der Waals surface area contributed by atoms with Crippen molar-refractivity contribution >= 4 is 27.5 Å². The fraction of sp³-hybridized carbons (Fsp3) is 0.571. The van der Waals surface area contributed by atoms with Crippen LogP contribution in [0.5, 0.6) is 0 Å². The second-order valence-electron chi connectivity index (χ2n) is 5.12. The Kier molecular flexibility index (Phi) is 5.94. The van der Waals surface area contributed by atoms with Gasteiger partial charge in [-0.2, -0.15) is 13.2 Å². The highest BCUT2D eigenvalue weighted by atomic mass is 79.9. The molecule has 0 aromatic heterocycles. The van der Waals surface area contributed by atoms with Crippen molar-refractivity contribution in [2.45, 2.75) is 25.1 Å². The molecule has 118 valence electrons. The van der Waals surface area contributed by atoms with Crippen molar-refractivity contribution in [3.05, 3.63) is 33.3 Å². The van der Waals surface area contributed by atoms with Gasteiger partial charge in [0.15, 0.2) is 0 Å². The third kappa shape index (κ3) is 5.13. The van der Waals surface area contributed by atoms with Crippen molar-refractivity contribution in [1.82, 2.24) is 10.2 Å². The van der Waals surface area contributed by atoms with E-state index >= 15 is 0 Å². The Balaban J connectivity index is 2.23. The van der Waals surface area contributed by atoms with Crippen molar-refractivity contribution in [3.8, 4) is 0 Å². The van der Waals surface area contributed by atoms with Crippen molar-refractivity contribution in [2.24, 2.45) is 0 Å². The molecule has 1 aliphatic rings. The minimum Gasteiger partial charge on any atom is -0.314 e. The van der Waals surface area contributed by atoms with Gasteiger partial charge >= 0.3 is 6.18 Å². The minimum absolute atomic E-state index is 0.0275. The first kappa shape index (κ1) is 17.1. The maximum atomic E-state index is 12.6. The van der Waals surface area contributed by atoms with Crippen LogP contribution in [0.15, 0.2) is 22.7 Å². The van der Waals surface area contributed by atoms with E-state index in [9.17, 15) is 13.2 Å². The Hall–Kier alpha value is -0.300. The third-order valence-electron chi connectivity index (χ3n) is 3.61. The van der Waals surface area contributed by atoms with E-state index in [1.807, 2.05) is 6.07 Å². The SMILES string of the molecule is FC(F)(F)CC[C@@H](c1cc(Br)ccc1Cl)N1CCNCC1. The molecule has 0 amide bonds. The quantitative estimate of drug-likeness (QED) is 0.827. The summed E-state index contributed by atoms with van der Waals surface area (Å²) >= 11 is 9.58. The van der Waals surface area contributed by atoms with Crippen LogP contribution in [0.25, 0.3) is 0 Å². The summed E-state index contributed by atoms with van der Waals surface area (Å²) in [4.78, 5) is 2.08. The van der Waals surface area contributed by atoms with Gasteiger partial charge in [0, 0.05) is 48.1 Å². The molecule has 2 nitrogen and oxygen atoms in total. The second kappa shape index (κ2) is 7.31. The van der Waals surface area contributed by atoms with E-state index in [0.29, 0.717) is 5.02 Å². The molecule has 0 unspecified atom stereocenters. The van der Waals surface area contributed by atoms with E-state index in [2.05, 4.69) is 26.1 Å². The van der Waals surface area contributed by atoms with Crippen LogP contribution in [0.1, 0.15) is 24.4 Å². The predicted octanol–water partition coefficient (Wildman–Crippen LogP) is 4.39. The number of piperazine rings is 1. The van der Waals surface area contributed by atoms with Crippen molar-refractivity contribution in [1.29, 1.82) is 0 Å². The molecule has 1 saturated heterocycles. The lowest BCUT2D eigenvalue weighted by atomic mass is 9.99. The molecule has 1 heterocycles. The van der Waals surface area contributed by atoms with E-state index in [1.54, 1.807) is 12.1 Å². The minimum atomic E-state index is -4.15. The van der Waals surface area contributed by atoms with E-state index < -0.39 is 12.6 Å². The fourth-order valence-corrected chi connectivity index (χ4v) is 3.22. The molecule has 21 heavy (non-hydrogen) atoms. The molecule has 0 radical (unpaired) electrons. The molecule has 1 fully saturated rings. The second-order valence-corrected chi connectivity index (χ2v) is 6.44. The Bertz CT molecular complexity index is 476. The summed E-state index contributed by atoms with van der Waals surface area (Å²) in [6, 6.07) is 5.04. The van der Waals surface area contributed by atoms with Crippen LogP contribution in [-0.4, -0.2) is 37.3 Å². The lowest BCUT2D eigenvalue weighted by Crippen LogP contribution is -2.45. The number of hydrogen-bond acceptors (Lipinski definition) is 2. The molecule has 0 aliphatic carbocycles. The van der Waals surface area contributed by atoms with E-state index in [4.69, 9.17) is 11.6 Å². The highest BCUT2D eigenvalue weighted by molar-refractivity contribution is 9.10. The molecule has 1 N–H and O–H groups in total. The van der Waals surface area contributed by atoms with Crippen molar-refractivity contribution in [2.75, 3.05) is 26.2 Å². The number of nitrogens with zero attached hydrogens (tertiary/aromatic N) is 1. The lowest BCUT2D eigenvalue weighted by molar-refractivity contribution is -0.138. The number of alkyl halides is 3. The van der Waals surface area contributed by atoms with Gasteiger partial charge in [0.05, 0.1) is 0 Å². The molecule has 7 heteroatoms. The largest absolute Gasteiger partial charge is 0.389 e. The van der Waals surface area contributed by atoms with Gasteiger partial charge in [-0.1, -0.05) is 27.5 Å². The Labute approximate surface area is 135 Å². The summed E-state index contributed by atoms with van der Waals surface area (Å²) < 4.78 is 38.6.